The van der Waals surface area contributed by atoms with Crippen molar-refractivity contribution < 1.29 is 18.0 Å². The second-order valence-corrected chi connectivity index (χ2v) is 11.4. The number of carbonyl (C=O) groups excluding carboxylic acids is 2. The zero-order chi connectivity index (χ0) is 21.1. The molecule has 1 aromatic rings. The molecule has 9 heteroatoms. The van der Waals surface area contributed by atoms with Gasteiger partial charge in [0.2, 0.25) is 11.8 Å². The Hall–Kier alpha value is -1.58. The Bertz CT molecular complexity index is 905. The Labute approximate surface area is 182 Å². The summed E-state index contributed by atoms with van der Waals surface area (Å²) in [5, 5.41) is 2.72. The summed E-state index contributed by atoms with van der Waals surface area (Å²) >= 11 is 1.39. The first-order valence-corrected chi connectivity index (χ1v) is 13.4. The van der Waals surface area contributed by atoms with Crippen LogP contribution in [-0.4, -0.2) is 73.8 Å². The zero-order valence-corrected chi connectivity index (χ0v) is 18.8. The number of nitrogens with one attached hydrogen (secondary N) is 1. The fraction of sp³-hybridized carbons (Fsp3) is 0.619. The van der Waals surface area contributed by atoms with Crippen molar-refractivity contribution in [3.63, 3.8) is 0 Å². The molecule has 1 aliphatic carbocycles. The van der Waals surface area contributed by atoms with E-state index in [1.807, 2.05) is 0 Å². The Morgan fingerprint density at radius 2 is 1.83 bits per heavy atom. The van der Waals surface area contributed by atoms with Crippen LogP contribution < -0.4 is 5.32 Å². The number of rotatable bonds is 5. The quantitative estimate of drug-likeness (QED) is 0.740. The lowest BCUT2D eigenvalue weighted by molar-refractivity contribution is -0.133. The van der Waals surface area contributed by atoms with Gasteiger partial charge < -0.3 is 10.2 Å². The maximum atomic E-state index is 12.7. The van der Waals surface area contributed by atoms with E-state index in [-0.39, 0.29) is 28.9 Å². The summed E-state index contributed by atoms with van der Waals surface area (Å²) in [5.74, 6) is -0.107. The summed E-state index contributed by atoms with van der Waals surface area (Å²) < 4.78 is 25.5. The molecular formula is C21H29N3O4S2. The first-order chi connectivity index (χ1) is 14.4. The minimum absolute atomic E-state index is 0.00996. The lowest BCUT2D eigenvalue weighted by Gasteiger charge is -2.40. The Morgan fingerprint density at radius 3 is 2.57 bits per heavy atom. The number of carbonyl (C=O) groups is 2. The molecule has 2 fully saturated rings. The van der Waals surface area contributed by atoms with Gasteiger partial charge in [-0.2, -0.15) is 0 Å². The summed E-state index contributed by atoms with van der Waals surface area (Å²) in [6.45, 7) is 3.12. The third kappa shape index (κ3) is 5.00. The van der Waals surface area contributed by atoms with E-state index in [2.05, 4.69) is 10.2 Å². The van der Waals surface area contributed by atoms with Gasteiger partial charge in [-0.1, -0.05) is 19.3 Å². The minimum Gasteiger partial charge on any atom is -0.340 e. The molecule has 0 unspecified atom stereocenters. The molecule has 7 nitrogen and oxygen atoms in total. The van der Waals surface area contributed by atoms with Crippen molar-refractivity contribution in [2.24, 2.45) is 0 Å². The molecule has 164 valence electrons. The molecule has 2 aliphatic heterocycles. The molecule has 0 radical (unpaired) electrons. The summed E-state index contributed by atoms with van der Waals surface area (Å²) in [6.07, 6.45) is 6.43. The normalized spacial score (nSPS) is 21.2. The number of fused-ring (bicyclic) bond motifs is 1. The van der Waals surface area contributed by atoms with Gasteiger partial charge in [0.25, 0.3) is 0 Å². The van der Waals surface area contributed by atoms with Gasteiger partial charge in [0, 0.05) is 43.5 Å². The van der Waals surface area contributed by atoms with Gasteiger partial charge in [-0.25, -0.2) is 8.42 Å². The first-order valence-electron chi connectivity index (χ1n) is 10.7. The van der Waals surface area contributed by atoms with Crippen molar-refractivity contribution in [3.05, 3.63) is 18.2 Å². The molecular weight excluding hydrogens is 422 g/mol. The van der Waals surface area contributed by atoms with E-state index in [0.717, 1.165) is 18.0 Å². The van der Waals surface area contributed by atoms with Gasteiger partial charge in [-0.05, 0) is 31.0 Å². The lowest BCUT2D eigenvalue weighted by atomic mass is 9.94. The van der Waals surface area contributed by atoms with Crippen LogP contribution in [0.25, 0.3) is 0 Å². The van der Waals surface area contributed by atoms with Crippen molar-refractivity contribution in [2.75, 3.05) is 43.0 Å². The van der Waals surface area contributed by atoms with E-state index in [4.69, 9.17) is 0 Å². The van der Waals surface area contributed by atoms with Crippen LogP contribution >= 0.6 is 11.8 Å². The minimum atomic E-state index is -3.59. The second kappa shape index (κ2) is 9.28. The lowest BCUT2D eigenvalue weighted by Crippen LogP contribution is -2.52. The van der Waals surface area contributed by atoms with Crippen LogP contribution in [0.1, 0.15) is 38.5 Å². The largest absolute Gasteiger partial charge is 0.340 e. The van der Waals surface area contributed by atoms with Gasteiger partial charge in [-0.15, -0.1) is 11.8 Å². The van der Waals surface area contributed by atoms with Crippen molar-refractivity contribution in [1.29, 1.82) is 0 Å². The van der Waals surface area contributed by atoms with Gasteiger partial charge in [0.1, 0.15) is 0 Å². The molecule has 1 saturated carbocycles. The van der Waals surface area contributed by atoms with Crippen LogP contribution in [0.2, 0.25) is 0 Å². The van der Waals surface area contributed by atoms with Gasteiger partial charge in [-0.3, -0.25) is 14.5 Å². The highest BCUT2D eigenvalue weighted by molar-refractivity contribution is 8.00. The van der Waals surface area contributed by atoms with E-state index in [0.29, 0.717) is 30.6 Å². The summed E-state index contributed by atoms with van der Waals surface area (Å²) in [7, 11) is -3.59. The molecule has 1 N–H and O–H groups in total. The highest BCUT2D eigenvalue weighted by Gasteiger charge is 2.28. The average molecular weight is 452 g/mol. The maximum absolute atomic E-state index is 12.7. The topological polar surface area (TPSA) is 86.8 Å². The smallest absolute Gasteiger partial charge is 0.234 e. The molecule has 0 bridgehead atoms. The van der Waals surface area contributed by atoms with Gasteiger partial charge in [0.05, 0.1) is 22.1 Å². The van der Waals surface area contributed by atoms with Gasteiger partial charge in [0.15, 0.2) is 9.84 Å². The first kappa shape index (κ1) is 21.6. The third-order valence-corrected chi connectivity index (χ3v) is 9.07. The monoisotopic (exact) mass is 451 g/mol. The Balaban J connectivity index is 1.30. The maximum Gasteiger partial charge on any atom is 0.234 e. The standard InChI is InChI=1S/C21H29N3O4S2/c25-20-15-29-19-7-6-17(14-18(19)22-20)30(27,28)13-8-21(26)24-11-9-23(10-12-24)16-4-2-1-3-5-16/h6-7,14,16H,1-5,8-13,15H2,(H,22,25). The van der Waals surface area contributed by atoms with E-state index < -0.39 is 9.84 Å². The number of thioether (sulfide) groups is 1. The number of sulfone groups is 1. The molecule has 4 rings (SSSR count). The number of piperazine rings is 1. The van der Waals surface area contributed by atoms with E-state index in [9.17, 15) is 18.0 Å². The Morgan fingerprint density at radius 1 is 1.10 bits per heavy atom. The van der Waals surface area contributed by atoms with Crippen molar-refractivity contribution in [1.82, 2.24) is 9.80 Å². The molecule has 3 aliphatic rings. The van der Waals surface area contributed by atoms with Crippen LogP contribution in [0, 0.1) is 0 Å². The molecule has 30 heavy (non-hydrogen) atoms. The van der Waals surface area contributed by atoms with Crippen molar-refractivity contribution in [3.8, 4) is 0 Å². The van der Waals surface area contributed by atoms with Crippen LogP contribution in [0.4, 0.5) is 5.69 Å². The molecule has 1 aromatic carbocycles. The highest BCUT2D eigenvalue weighted by Crippen LogP contribution is 2.33. The number of hydrogen-bond donors (Lipinski definition) is 1. The van der Waals surface area contributed by atoms with Crippen molar-refractivity contribution >= 4 is 39.1 Å². The number of anilines is 1. The number of hydrogen-bond acceptors (Lipinski definition) is 6. The molecule has 2 heterocycles. The summed E-state index contributed by atoms with van der Waals surface area (Å²) in [6, 6.07) is 5.44. The van der Waals surface area contributed by atoms with Crippen LogP contribution in [0.15, 0.2) is 28.0 Å². The predicted octanol–water partition coefficient (Wildman–Crippen LogP) is 2.37. The van der Waals surface area contributed by atoms with Crippen molar-refractivity contribution in [2.45, 2.75) is 54.4 Å². The average Bonchev–Trinajstić information content (AvgIpc) is 2.77. The number of nitrogens with zero attached hydrogens (tertiary/aromatic N) is 2. The van der Waals surface area contributed by atoms with E-state index in [1.165, 1.54) is 49.9 Å². The number of benzene rings is 1. The highest BCUT2D eigenvalue weighted by atomic mass is 32.2. The predicted molar refractivity (Wildman–Crippen MR) is 117 cm³/mol. The number of amides is 2. The fourth-order valence-corrected chi connectivity index (χ4v) is 6.58. The Kier molecular flexibility index (Phi) is 6.69. The van der Waals surface area contributed by atoms with E-state index >= 15 is 0 Å². The zero-order valence-electron chi connectivity index (χ0n) is 17.1. The third-order valence-electron chi connectivity index (χ3n) is 6.29. The molecule has 2 amide bonds. The van der Waals surface area contributed by atoms with Crippen LogP contribution in [0.5, 0.6) is 0 Å². The van der Waals surface area contributed by atoms with Crippen LogP contribution in [-0.2, 0) is 19.4 Å². The summed E-state index contributed by atoms with van der Waals surface area (Å²) in [5.41, 5.74) is 0.530. The molecule has 0 atom stereocenters. The molecule has 0 spiro atoms. The van der Waals surface area contributed by atoms with Crippen LogP contribution in [0.3, 0.4) is 0 Å². The fourth-order valence-electron chi connectivity index (χ4n) is 4.54. The van der Waals surface area contributed by atoms with E-state index in [1.54, 1.807) is 17.0 Å². The SMILES string of the molecule is O=C1CSc2ccc(S(=O)(=O)CCC(=O)N3CCN(C4CCCCC4)CC3)cc2N1. The van der Waals surface area contributed by atoms with Gasteiger partial charge >= 0.3 is 0 Å². The molecule has 0 aromatic heterocycles. The second-order valence-electron chi connectivity index (χ2n) is 8.27. The summed E-state index contributed by atoms with van der Waals surface area (Å²) in [4.78, 5) is 29.5. The molecule has 1 saturated heterocycles.